The highest BCUT2D eigenvalue weighted by Crippen LogP contribution is 2.20. The molecule has 0 spiro atoms. The van der Waals surface area contributed by atoms with Crippen LogP contribution >= 0.6 is 0 Å². The molecule has 0 saturated carbocycles. The second-order valence-electron chi connectivity index (χ2n) is 11.0. The number of aromatic nitrogens is 3. The number of nitrogens with zero attached hydrogens (tertiary/aromatic N) is 1. The van der Waals surface area contributed by atoms with E-state index in [1.807, 2.05) is 61.5 Å². The Morgan fingerprint density at radius 3 is 2.20 bits per heavy atom. The second-order valence-corrected chi connectivity index (χ2v) is 11.0. The molecule has 3 amide bonds. The third-order valence-corrected chi connectivity index (χ3v) is 7.76. The zero-order chi connectivity index (χ0) is 31.6. The van der Waals surface area contributed by atoms with E-state index in [1.54, 1.807) is 13.1 Å². The Morgan fingerprint density at radius 2 is 1.52 bits per heavy atom. The van der Waals surface area contributed by atoms with Crippen LogP contribution in [0, 0.1) is 5.92 Å². The molecular weight excluding hydrogens is 562 g/mol. The summed E-state index contributed by atoms with van der Waals surface area (Å²) in [5.74, 6) is -3.33. The second kappa shape index (κ2) is 15.0. The number of carboxylic acid groups (broad SMARTS) is 1. The van der Waals surface area contributed by atoms with Crippen molar-refractivity contribution >= 4 is 34.6 Å². The highest BCUT2D eigenvalue weighted by Gasteiger charge is 2.33. The van der Waals surface area contributed by atoms with Crippen LogP contribution in [0.5, 0.6) is 0 Å². The minimum absolute atomic E-state index is 0.0572. The molecule has 2 aromatic heterocycles. The lowest BCUT2D eigenvalue weighted by atomic mass is 9.97. The molecule has 8 N–H and O–H groups in total. The van der Waals surface area contributed by atoms with Crippen LogP contribution in [0.1, 0.15) is 37.1 Å². The lowest BCUT2D eigenvalue weighted by Crippen LogP contribution is -2.58. The number of carboxylic acids is 1. The number of aliphatic carboxylic acids is 1. The summed E-state index contributed by atoms with van der Waals surface area (Å²) >= 11 is 0. The average molecular weight is 602 g/mol. The van der Waals surface area contributed by atoms with Crippen molar-refractivity contribution in [2.45, 2.75) is 63.7 Å². The number of carbonyl (C=O) groups is 4. The molecular formula is C32H39N7O5. The van der Waals surface area contributed by atoms with Crippen molar-refractivity contribution in [1.29, 1.82) is 0 Å². The molecule has 0 aliphatic rings. The summed E-state index contributed by atoms with van der Waals surface area (Å²) in [6.07, 6.45) is 5.68. The van der Waals surface area contributed by atoms with Gasteiger partial charge in [-0.3, -0.25) is 14.4 Å². The van der Waals surface area contributed by atoms with Gasteiger partial charge in [0.15, 0.2) is 0 Å². The van der Waals surface area contributed by atoms with E-state index in [4.69, 9.17) is 5.73 Å². The van der Waals surface area contributed by atoms with Gasteiger partial charge < -0.3 is 36.8 Å². The number of aromatic amines is 2. The van der Waals surface area contributed by atoms with Crippen LogP contribution in [-0.2, 0) is 38.4 Å². The topological polar surface area (TPSA) is 195 Å². The summed E-state index contributed by atoms with van der Waals surface area (Å²) in [6.45, 7) is 3.57. The number of amides is 3. The molecule has 12 nitrogen and oxygen atoms in total. The molecule has 0 saturated heterocycles. The fourth-order valence-electron chi connectivity index (χ4n) is 5.00. The van der Waals surface area contributed by atoms with Gasteiger partial charge >= 0.3 is 5.97 Å². The summed E-state index contributed by atoms with van der Waals surface area (Å²) in [7, 11) is 0. The fourth-order valence-corrected chi connectivity index (χ4v) is 5.00. The lowest BCUT2D eigenvalue weighted by molar-refractivity contribution is -0.143. The summed E-state index contributed by atoms with van der Waals surface area (Å²) < 4.78 is 0. The molecule has 0 aliphatic heterocycles. The van der Waals surface area contributed by atoms with Gasteiger partial charge in [-0.2, -0.15) is 0 Å². The maximum absolute atomic E-state index is 13.8. The van der Waals surface area contributed by atoms with Gasteiger partial charge in [0.25, 0.3) is 0 Å². The van der Waals surface area contributed by atoms with Gasteiger partial charge in [-0.1, -0.05) is 68.8 Å². The molecule has 2 aromatic carbocycles. The first-order valence-corrected chi connectivity index (χ1v) is 14.6. The largest absolute Gasteiger partial charge is 0.480 e. The standard InChI is InChI=1S/C32H39N7O5/c1-3-19(2)28(32(43)44)39-31(42)26(14-21-16-35-25-12-8-7-11-23(21)25)38-30(41)27(15-22-17-34-18-36-22)37-29(40)24(33)13-20-9-5-4-6-10-20/h4-12,16-19,24,26-28,35H,3,13-15,33H2,1-2H3,(H,34,36)(H,37,40)(H,38,41)(H,39,42)(H,43,44). The van der Waals surface area contributed by atoms with E-state index < -0.39 is 47.9 Å². The zero-order valence-electron chi connectivity index (χ0n) is 24.7. The number of imidazole rings is 1. The number of benzene rings is 2. The number of hydrogen-bond donors (Lipinski definition) is 7. The number of H-pyrrole nitrogens is 2. The molecule has 4 aromatic rings. The van der Waals surface area contributed by atoms with Crippen LogP contribution in [0.3, 0.4) is 0 Å². The fraction of sp³-hybridized carbons (Fsp3) is 0.344. The van der Waals surface area contributed by atoms with Gasteiger partial charge in [-0.15, -0.1) is 0 Å². The molecule has 0 bridgehead atoms. The van der Waals surface area contributed by atoms with Crippen molar-refractivity contribution < 1.29 is 24.3 Å². The van der Waals surface area contributed by atoms with Crippen LogP contribution in [0.2, 0.25) is 0 Å². The highest BCUT2D eigenvalue weighted by atomic mass is 16.4. The number of hydrogen-bond acceptors (Lipinski definition) is 6. The molecule has 232 valence electrons. The number of fused-ring (bicyclic) bond motifs is 1. The van der Waals surface area contributed by atoms with E-state index in [0.29, 0.717) is 12.1 Å². The number of nitrogens with two attached hydrogens (primary N) is 1. The summed E-state index contributed by atoms with van der Waals surface area (Å²) in [6, 6.07) is 12.5. The average Bonchev–Trinajstić information content (AvgIpc) is 3.69. The summed E-state index contributed by atoms with van der Waals surface area (Å²) in [4.78, 5) is 62.7. The van der Waals surface area contributed by atoms with Crippen LogP contribution < -0.4 is 21.7 Å². The summed E-state index contributed by atoms with van der Waals surface area (Å²) in [5.41, 5.74) is 9.27. The van der Waals surface area contributed by atoms with Crippen LogP contribution in [-0.4, -0.2) is 67.9 Å². The van der Waals surface area contributed by atoms with Crippen molar-refractivity contribution in [1.82, 2.24) is 30.9 Å². The highest BCUT2D eigenvalue weighted by molar-refractivity contribution is 5.95. The minimum atomic E-state index is -1.17. The molecule has 44 heavy (non-hydrogen) atoms. The first kappa shape index (κ1) is 32.0. The van der Waals surface area contributed by atoms with E-state index in [2.05, 4.69) is 30.9 Å². The Balaban J connectivity index is 1.57. The Bertz CT molecular complexity index is 1550. The molecule has 0 radical (unpaired) electrons. The van der Waals surface area contributed by atoms with Crippen LogP contribution in [0.25, 0.3) is 10.9 Å². The Morgan fingerprint density at radius 1 is 0.864 bits per heavy atom. The van der Waals surface area contributed by atoms with Gasteiger partial charge in [0.1, 0.15) is 18.1 Å². The smallest absolute Gasteiger partial charge is 0.326 e. The third-order valence-electron chi connectivity index (χ3n) is 7.76. The number of para-hydroxylation sites is 1. The van der Waals surface area contributed by atoms with Crippen LogP contribution in [0.4, 0.5) is 0 Å². The van der Waals surface area contributed by atoms with Crippen molar-refractivity contribution in [3.63, 3.8) is 0 Å². The number of rotatable bonds is 15. The van der Waals surface area contributed by atoms with Gasteiger partial charge in [0.05, 0.1) is 12.4 Å². The molecule has 5 atom stereocenters. The van der Waals surface area contributed by atoms with E-state index in [0.717, 1.165) is 22.0 Å². The minimum Gasteiger partial charge on any atom is -0.480 e. The molecule has 0 fully saturated rings. The third kappa shape index (κ3) is 8.32. The van der Waals surface area contributed by atoms with Crippen molar-refractivity contribution in [2.24, 2.45) is 11.7 Å². The molecule has 4 rings (SSSR count). The summed E-state index contributed by atoms with van der Waals surface area (Å²) in [5, 5.41) is 18.8. The lowest BCUT2D eigenvalue weighted by Gasteiger charge is -2.26. The first-order chi connectivity index (χ1) is 21.2. The van der Waals surface area contributed by atoms with Crippen molar-refractivity contribution in [2.75, 3.05) is 0 Å². The van der Waals surface area contributed by atoms with Gasteiger partial charge in [-0.05, 0) is 29.5 Å². The number of nitrogens with one attached hydrogen (secondary N) is 5. The molecule has 5 unspecified atom stereocenters. The Labute approximate surface area is 255 Å². The Hall–Kier alpha value is -4.97. The van der Waals surface area contributed by atoms with Gasteiger partial charge in [0.2, 0.25) is 17.7 Å². The quantitative estimate of drug-likeness (QED) is 0.108. The monoisotopic (exact) mass is 601 g/mol. The Kier molecular flexibility index (Phi) is 10.9. The van der Waals surface area contributed by atoms with E-state index in [9.17, 15) is 24.3 Å². The molecule has 12 heteroatoms. The van der Waals surface area contributed by atoms with Gasteiger partial charge in [-0.25, -0.2) is 9.78 Å². The maximum Gasteiger partial charge on any atom is 0.326 e. The SMILES string of the molecule is CCC(C)C(NC(=O)C(Cc1c[nH]c2ccccc12)NC(=O)C(Cc1cnc[nH]1)NC(=O)C(N)Cc1ccccc1)C(=O)O. The molecule has 2 heterocycles. The number of carbonyl (C=O) groups excluding carboxylic acids is 3. The van der Waals surface area contributed by atoms with E-state index >= 15 is 0 Å². The van der Waals surface area contributed by atoms with Crippen LogP contribution in [0.15, 0.2) is 73.3 Å². The normalized spacial score (nSPS) is 14.6. The van der Waals surface area contributed by atoms with Crippen molar-refractivity contribution in [3.05, 3.63) is 90.1 Å². The van der Waals surface area contributed by atoms with E-state index in [1.165, 1.54) is 12.5 Å². The van der Waals surface area contributed by atoms with Gasteiger partial charge in [0, 0.05) is 41.8 Å². The zero-order valence-corrected chi connectivity index (χ0v) is 24.7. The molecule has 0 aliphatic carbocycles. The first-order valence-electron chi connectivity index (χ1n) is 14.6. The predicted octanol–water partition coefficient (Wildman–Crippen LogP) is 1.83. The predicted molar refractivity (Wildman–Crippen MR) is 165 cm³/mol. The maximum atomic E-state index is 13.8. The van der Waals surface area contributed by atoms with Crippen molar-refractivity contribution in [3.8, 4) is 0 Å². The van der Waals surface area contributed by atoms with E-state index in [-0.39, 0.29) is 25.2 Å².